The van der Waals surface area contributed by atoms with Gasteiger partial charge in [0.15, 0.2) is 0 Å². The zero-order chi connectivity index (χ0) is 14.1. The topological polar surface area (TPSA) is 41.1 Å². The molecule has 4 nitrogen and oxygen atoms in total. The van der Waals surface area contributed by atoms with Crippen LogP contribution in [0.5, 0.6) is 0 Å². The molecule has 0 radical (unpaired) electrons. The molecule has 0 aliphatic carbocycles. The van der Waals surface area contributed by atoms with Gasteiger partial charge in [-0.25, -0.2) is 4.98 Å². The largest absolute Gasteiger partial charge is 0.357 e. The van der Waals surface area contributed by atoms with Crippen molar-refractivity contribution in [3.8, 4) is 0 Å². The Kier molecular flexibility index (Phi) is 3.30. The highest BCUT2D eigenvalue weighted by atomic mass is 15.3. The van der Waals surface area contributed by atoms with Gasteiger partial charge in [0.2, 0.25) is 5.95 Å². The van der Waals surface area contributed by atoms with Crippen molar-refractivity contribution in [3.05, 3.63) is 41.6 Å². The second-order valence-electron chi connectivity index (χ2n) is 5.33. The average Bonchev–Trinajstić information content (AvgIpc) is 2.46. The van der Waals surface area contributed by atoms with E-state index in [1.54, 1.807) is 0 Å². The summed E-state index contributed by atoms with van der Waals surface area (Å²) in [6.07, 6.45) is 2.28. The average molecular weight is 268 g/mol. The van der Waals surface area contributed by atoms with Crippen LogP contribution in [-0.4, -0.2) is 23.1 Å². The van der Waals surface area contributed by atoms with Gasteiger partial charge in [-0.05, 0) is 38.3 Å². The molecule has 1 aliphatic heterocycles. The molecular weight excluding hydrogens is 248 g/mol. The van der Waals surface area contributed by atoms with E-state index < -0.39 is 0 Å². The number of aromatic nitrogens is 2. The Hall–Kier alpha value is -2.10. The third-order valence-corrected chi connectivity index (χ3v) is 3.83. The number of aryl methyl sites for hydroxylation is 2. The second kappa shape index (κ2) is 5.12. The summed E-state index contributed by atoms with van der Waals surface area (Å²) >= 11 is 0. The lowest BCUT2D eigenvalue weighted by molar-refractivity contribution is 0.613. The summed E-state index contributed by atoms with van der Waals surface area (Å²) in [4.78, 5) is 11.3. The summed E-state index contributed by atoms with van der Waals surface area (Å²) in [6.45, 7) is 4.26. The zero-order valence-corrected chi connectivity index (χ0v) is 12.2. The summed E-state index contributed by atoms with van der Waals surface area (Å²) in [5, 5.41) is 3.04. The maximum absolute atomic E-state index is 4.63. The van der Waals surface area contributed by atoms with Crippen molar-refractivity contribution >= 4 is 17.5 Å². The monoisotopic (exact) mass is 268 g/mol. The predicted molar refractivity (Wildman–Crippen MR) is 82.7 cm³/mol. The van der Waals surface area contributed by atoms with Crippen molar-refractivity contribution in [3.63, 3.8) is 0 Å². The molecule has 1 aromatic heterocycles. The van der Waals surface area contributed by atoms with Crippen LogP contribution in [0.4, 0.5) is 17.5 Å². The van der Waals surface area contributed by atoms with Gasteiger partial charge in [0.05, 0.1) is 0 Å². The number of hydrogen-bond donors (Lipinski definition) is 1. The Morgan fingerprint density at radius 3 is 2.85 bits per heavy atom. The van der Waals surface area contributed by atoms with Crippen LogP contribution in [-0.2, 0) is 6.42 Å². The number of nitrogens with one attached hydrogen (secondary N) is 1. The van der Waals surface area contributed by atoms with Crippen molar-refractivity contribution in [2.24, 2.45) is 0 Å². The van der Waals surface area contributed by atoms with E-state index in [2.05, 4.69) is 57.4 Å². The van der Waals surface area contributed by atoms with Crippen LogP contribution >= 0.6 is 0 Å². The van der Waals surface area contributed by atoms with E-state index in [0.717, 1.165) is 24.4 Å². The van der Waals surface area contributed by atoms with Crippen LogP contribution < -0.4 is 10.2 Å². The zero-order valence-electron chi connectivity index (χ0n) is 12.2. The Morgan fingerprint density at radius 2 is 2.05 bits per heavy atom. The lowest BCUT2D eigenvalue weighted by atomic mass is 9.96. The van der Waals surface area contributed by atoms with E-state index in [1.807, 2.05) is 14.0 Å². The number of para-hydroxylation sites is 1. The molecule has 1 N–H and O–H groups in total. The van der Waals surface area contributed by atoms with Crippen LogP contribution in [0.1, 0.15) is 24.6 Å². The fourth-order valence-corrected chi connectivity index (χ4v) is 2.82. The molecule has 0 amide bonds. The summed E-state index contributed by atoms with van der Waals surface area (Å²) < 4.78 is 0. The van der Waals surface area contributed by atoms with Gasteiger partial charge in [0, 0.05) is 30.5 Å². The lowest BCUT2D eigenvalue weighted by Gasteiger charge is -2.36. The van der Waals surface area contributed by atoms with Gasteiger partial charge in [0.25, 0.3) is 0 Å². The Bertz CT molecular complexity index is 624. The molecular formula is C16H20N4. The van der Waals surface area contributed by atoms with Gasteiger partial charge in [-0.15, -0.1) is 0 Å². The molecule has 4 heteroatoms. The number of nitrogens with zero attached hydrogens (tertiary/aromatic N) is 3. The minimum absolute atomic E-state index is 0.448. The Balaban J connectivity index is 2.11. The third kappa shape index (κ3) is 2.22. The quantitative estimate of drug-likeness (QED) is 0.907. The van der Waals surface area contributed by atoms with Crippen LogP contribution in [0.3, 0.4) is 0 Å². The second-order valence-corrected chi connectivity index (χ2v) is 5.33. The van der Waals surface area contributed by atoms with E-state index in [9.17, 15) is 0 Å². The summed E-state index contributed by atoms with van der Waals surface area (Å²) in [7, 11) is 1.85. The molecule has 1 aromatic carbocycles. The van der Waals surface area contributed by atoms with Crippen molar-refractivity contribution in [2.75, 3.05) is 17.3 Å². The van der Waals surface area contributed by atoms with Gasteiger partial charge >= 0.3 is 0 Å². The van der Waals surface area contributed by atoms with Gasteiger partial charge < -0.3 is 10.2 Å². The van der Waals surface area contributed by atoms with E-state index >= 15 is 0 Å². The molecule has 2 aromatic rings. The van der Waals surface area contributed by atoms with Gasteiger partial charge in [0.1, 0.15) is 5.82 Å². The van der Waals surface area contributed by atoms with Gasteiger partial charge in [-0.2, -0.15) is 4.98 Å². The Labute approximate surface area is 119 Å². The molecule has 104 valence electrons. The molecule has 0 saturated carbocycles. The highest BCUT2D eigenvalue weighted by Crippen LogP contribution is 2.36. The van der Waals surface area contributed by atoms with Gasteiger partial charge in [-0.3, -0.25) is 0 Å². The van der Waals surface area contributed by atoms with E-state index in [4.69, 9.17) is 0 Å². The normalized spacial score (nSPS) is 17.8. The summed E-state index contributed by atoms with van der Waals surface area (Å²) in [6, 6.07) is 11.1. The van der Waals surface area contributed by atoms with E-state index in [-0.39, 0.29) is 0 Å². The molecule has 20 heavy (non-hydrogen) atoms. The van der Waals surface area contributed by atoms with E-state index in [0.29, 0.717) is 12.0 Å². The van der Waals surface area contributed by atoms with Crippen molar-refractivity contribution in [1.29, 1.82) is 0 Å². The number of hydrogen-bond acceptors (Lipinski definition) is 4. The van der Waals surface area contributed by atoms with Crippen LogP contribution in [0.2, 0.25) is 0 Å². The fourth-order valence-electron chi connectivity index (χ4n) is 2.82. The smallest absolute Gasteiger partial charge is 0.224 e. The molecule has 2 heterocycles. The number of anilines is 3. The van der Waals surface area contributed by atoms with Crippen LogP contribution in [0, 0.1) is 6.92 Å². The number of benzene rings is 1. The number of rotatable bonds is 2. The maximum atomic E-state index is 4.63. The molecule has 1 atom stereocenters. The predicted octanol–water partition coefficient (Wildman–Crippen LogP) is 3.30. The molecule has 0 saturated heterocycles. The van der Waals surface area contributed by atoms with Crippen molar-refractivity contribution in [2.45, 2.75) is 32.7 Å². The standard InChI is InChI=1S/C16H20N4/c1-11-10-15(19-16(17-3)18-11)20-12(2)8-9-13-6-4-5-7-14(13)20/h4-7,10,12H,8-9H2,1-3H3,(H,17,18,19). The number of fused-ring (bicyclic) bond motifs is 1. The van der Waals surface area contributed by atoms with Crippen LogP contribution in [0.15, 0.2) is 30.3 Å². The molecule has 1 unspecified atom stereocenters. The summed E-state index contributed by atoms with van der Waals surface area (Å²) in [5.74, 6) is 1.65. The minimum atomic E-state index is 0.448. The molecule has 0 spiro atoms. The first-order valence-electron chi connectivity index (χ1n) is 7.09. The van der Waals surface area contributed by atoms with Crippen molar-refractivity contribution in [1.82, 2.24) is 9.97 Å². The maximum Gasteiger partial charge on any atom is 0.224 e. The fraction of sp³-hybridized carbons (Fsp3) is 0.375. The van der Waals surface area contributed by atoms with Gasteiger partial charge in [-0.1, -0.05) is 18.2 Å². The highest BCUT2D eigenvalue weighted by molar-refractivity contribution is 5.67. The SMILES string of the molecule is CNc1nc(C)cc(N2c3ccccc3CCC2C)n1. The lowest BCUT2D eigenvalue weighted by Crippen LogP contribution is -2.34. The highest BCUT2D eigenvalue weighted by Gasteiger charge is 2.25. The third-order valence-electron chi connectivity index (χ3n) is 3.83. The van der Waals surface area contributed by atoms with Crippen LogP contribution in [0.25, 0.3) is 0 Å². The molecule has 3 rings (SSSR count). The minimum Gasteiger partial charge on any atom is -0.357 e. The molecule has 1 aliphatic rings. The Morgan fingerprint density at radius 1 is 1.25 bits per heavy atom. The first kappa shape index (κ1) is 12.9. The molecule has 0 fully saturated rings. The van der Waals surface area contributed by atoms with E-state index in [1.165, 1.54) is 11.3 Å². The first-order valence-corrected chi connectivity index (χ1v) is 7.09. The molecule has 0 bridgehead atoms. The first-order chi connectivity index (χ1) is 9.69. The summed E-state index contributed by atoms with van der Waals surface area (Å²) in [5.41, 5.74) is 3.65. The van der Waals surface area contributed by atoms with Crippen molar-refractivity contribution < 1.29 is 0 Å².